The van der Waals surface area contributed by atoms with Gasteiger partial charge in [0.1, 0.15) is 11.8 Å². The maximum atomic E-state index is 13.6. The summed E-state index contributed by atoms with van der Waals surface area (Å²) >= 11 is 3.41. The third-order valence-electron chi connectivity index (χ3n) is 5.55. The average Bonchev–Trinajstić information content (AvgIpc) is 2.81. The molecule has 1 atom stereocenters. The Morgan fingerprint density at radius 1 is 0.943 bits per heavy atom. The minimum absolute atomic E-state index is 0.165. The molecule has 5 nitrogen and oxygen atoms in total. The maximum Gasteiger partial charge on any atom is 0.261 e. The molecule has 0 radical (unpaired) electrons. The summed E-state index contributed by atoms with van der Waals surface area (Å²) in [4.78, 5) is 28.8. The van der Waals surface area contributed by atoms with E-state index in [2.05, 4.69) is 21.2 Å². The first-order valence-electron chi connectivity index (χ1n) is 11.7. The van der Waals surface area contributed by atoms with Crippen molar-refractivity contribution in [3.05, 3.63) is 100 Å². The Bertz CT molecular complexity index is 1120. The number of carbonyl (C=O) groups excluding carboxylic acids is 2. The van der Waals surface area contributed by atoms with Crippen molar-refractivity contribution in [2.24, 2.45) is 0 Å². The van der Waals surface area contributed by atoms with Gasteiger partial charge in [0.05, 0.1) is 0 Å². The SMILES string of the molecule is Cc1ccccc1CN(C(=O)COc1ccc(Br)cc1)[C@@H](Cc1ccccc1)C(=O)NC(C)(C)C. The van der Waals surface area contributed by atoms with Gasteiger partial charge in [0, 0.05) is 23.0 Å². The Morgan fingerprint density at radius 3 is 2.20 bits per heavy atom. The molecule has 0 heterocycles. The Balaban J connectivity index is 1.93. The van der Waals surface area contributed by atoms with Crippen LogP contribution in [0.2, 0.25) is 0 Å². The van der Waals surface area contributed by atoms with E-state index in [0.29, 0.717) is 18.7 Å². The highest BCUT2D eigenvalue weighted by Crippen LogP contribution is 2.20. The van der Waals surface area contributed by atoms with Crippen LogP contribution in [0.4, 0.5) is 0 Å². The number of nitrogens with one attached hydrogen (secondary N) is 1. The van der Waals surface area contributed by atoms with Crippen LogP contribution in [0, 0.1) is 6.92 Å². The van der Waals surface area contributed by atoms with Crippen LogP contribution in [0.15, 0.2) is 83.3 Å². The molecular weight excluding hydrogens is 504 g/mol. The van der Waals surface area contributed by atoms with Gasteiger partial charge in [-0.15, -0.1) is 0 Å². The summed E-state index contributed by atoms with van der Waals surface area (Å²) in [5, 5.41) is 3.08. The first-order valence-corrected chi connectivity index (χ1v) is 12.5. The smallest absolute Gasteiger partial charge is 0.261 e. The van der Waals surface area contributed by atoms with Crippen LogP contribution >= 0.6 is 15.9 Å². The van der Waals surface area contributed by atoms with E-state index < -0.39 is 11.6 Å². The van der Waals surface area contributed by atoms with Gasteiger partial charge in [-0.25, -0.2) is 0 Å². The van der Waals surface area contributed by atoms with E-state index >= 15 is 0 Å². The molecule has 184 valence electrons. The molecule has 3 rings (SSSR count). The number of hydrogen-bond acceptors (Lipinski definition) is 3. The summed E-state index contributed by atoms with van der Waals surface area (Å²) in [6.07, 6.45) is 0.401. The number of halogens is 1. The largest absolute Gasteiger partial charge is 0.484 e. The maximum absolute atomic E-state index is 13.6. The van der Waals surface area contributed by atoms with E-state index in [9.17, 15) is 9.59 Å². The van der Waals surface area contributed by atoms with Gasteiger partial charge < -0.3 is 15.0 Å². The molecule has 0 aromatic heterocycles. The van der Waals surface area contributed by atoms with Crippen LogP contribution in [0.5, 0.6) is 5.75 Å². The molecule has 2 amide bonds. The Kier molecular flexibility index (Phi) is 9.10. The van der Waals surface area contributed by atoms with E-state index in [0.717, 1.165) is 21.2 Å². The standard InChI is InChI=1S/C29H33BrN2O3/c1-21-10-8-9-13-23(21)19-32(27(33)20-35-25-16-14-24(30)15-17-25)26(28(34)31-29(2,3)4)18-22-11-6-5-7-12-22/h5-17,26H,18-20H2,1-4H3,(H,31,34)/t26-/m0/s1. The fourth-order valence-electron chi connectivity index (χ4n) is 3.74. The van der Waals surface area contributed by atoms with Crippen molar-refractivity contribution in [2.75, 3.05) is 6.61 Å². The number of hydrogen-bond donors (Lipinski definition) is 1. The van der Waals surface area contributed by atoms with Gasteiger partial charge in [-0.1, -0.05) is 70.5 Å². The molecule has 0 unspecified atom stereocenters. The second-order valence-electron chi connectivity index (χ2n) is 9.64. The molecule has 0 spiro atoms. The van der Waals surface area contributed by atoms with Crippen molar-refractivity contribution < 1.29 is 14.3 Å². The lowest BCUT2D eigenvalue weighted by Gasteiger charge is -2.34. The average molecular weight is 537 g/mol. The van der Waals surface area contributed by atoms with Crippen molar-refractivity contribution in [3.63, 3.8) is 0 Å². The zero-order valence-corrected chi connectivity index (χ0v) is 22.3. The van der Waals surface area contributed by atoms with E-state index in [4.69, 9.17) is 4.74 Å². The fraction of sp³-hybridized carbons (Fsp3) is 0.310. The zero-order valence-electron chi connectivity index (χ0n) is 20.8. The quantitative estimate of drug-likeness (QED) is 0.382. The normalized spacial score (nSPS) is 12.0. The number of benzene rings is 3. The number of aryl methyl sites for hydroxylation is 1. The molecular formula is C29H33BrN2O3. The monoisotopic (exact) mass is 536 g/mol. The van der Waals surface area contributed by atoms with E-state index in [1.807, 2.05) is 94.4 Å². The molecule has 6 heteroatoms. The minimum atomic E-state index is -0.697. The molecule has 3 aromatic rings. The van der Waals surface area contributed by atoms with E-state index in [-0.39, 0.29) is 18.4 Å². The van der Waals surface area contributed by atoms with Gasteiger partial charge in [0.15, 0.2) is 6.61 Å². The highest BCUT2D eigenvalue weighted by molar-refractivity contribution is 9.10. The lowest BCUT2D eigenvalue weighted by molar-refractivity contribution is -0.143. The molecule has 0 saturated carbocycles. The Hall–Kier alpha value is -3.12. The summed E-state index contributed by atoms with van der Waals surface area (Å²) in [6.45, 7) is 7.97. The number of ether oxygens (including phenoxy) is 1. The summed E-state index contributed by atoms with van der Waals surface area (Å²) in [5.74, 6) is 0.157. The van der Waals surface area contributed by atoms with Crippen molar-refractivity contribution in [2.45, 2.75) is 52.2 Å². The van der Waals surface area contributed by atoms with Crippen molar-refractivity contribution in [3.8, 4) is 5.75 Å². The Morgan fingerprint density at radius 2 is 1.57 bits per heavy atom. The molecule has 0 saturated heterocycles. The minimum Gasteiger partial charge on any atom is -0.484 e. The molecule has 1 N–H and O–H groups in total. The molecule has 0 bridgehead atoms. The lowest BCUT2D eigenvalue weighted by Crippen LogP contribution is -2.55. The van der Waals surface area contributed by atoms with Crippen LogP contribution < -0.4 is 10.1 Å². The second-order valence-corrected chi connectivity index (χ2v) is 10.6. The Labute approximate surface area is 216 Å². The van der Waals surface area contributed by atoms with Crippen LogP contribution in [0.25, 0.3) is 0 Å². The summed E-state index contributed by atoms with van der Waals surface area (Å²) in [6, 6.07) is 24.3. The predicted octanol–water partition coefficient (Wildman–Crippen LogP) is 5.69. The summed E-state index contributed by atoms with van der Waals surface area (Å²) in [7, 11) is 0. The van der Waals surface area contributed by atoms with Gasteiger partial charge in [-0.05, 0) is 68.7 Å². The fourth-order valence-corrected chi connectivity index (χ4v) is 4.00. The van der Waals surface area contributed by atoms with Gasteiger partial charge in [-0.2, -0.15) is 0 Å². The molecule has 0 aliphatic rings. The van der Waals surface area contributed by atoms with E-state index in [1.165, 1.54) is 0 Å². The zero-order chi connectivity index (χ0) is 25.4. The third kappa shape index (κ3) is 8.25. The van der Waals surface area contributed by atoms with Crippen molar-refractivity contribution in [1.29, 1.82) is 0 Å². The van der Waals surface area contributed by atoms with Crippen LogP contribution in [0.1, 0.15) is 37.5 Å². The van der Waals surface area contributed by atoms with Gasteiger partial charge in [0.2, 0.25) is 5.91 Å². The number of rotatable bonds is 9. The topological polar surface area (TPSA) is 58.6 Å². The molecule has 35 heavy (non-hydrogen) atoms. The number of nitrogens with zero attached hydrogens (tertiary/aromatic N) is 1. The molecule has 0 aliphatic carbocycles. The van der Waals surface area contributed by atoms with Gasteiger partial charge in [-0.3, -0.25) is 9.59 Å². The molecule has 3 aromatic carbocycles. The van der Waals surface area contributed by atoms with Crippen LogP contribution in [0.3, 0.4) is 0 Å². The van der Waals surface area contributed by atoms with Gasteiger partial charge in [0.25, 0.3) is 5.91 Å². The van der Waals surface area contributed by atoms with Crippen LogP contribution in [-0.4, -0.2) is 34.9 Å². The van der Waals surface area contributed by atoms with Crippen LogP contribution in [-0.2, 0) is 22.6 Å². The number of amides is 2. The first kappa shape index (κ1) is 26.5. The van der Waals surface area contributed by atoms with Crippen molar-refractivity contribution in [1.82, 2.24) is 10.2 Å². The van der Waals surface area contributed by atoms with Gasteiger partial charge >= 0.3 is 0 Å². The highest BCUT2D eigenvalue weighted by atomic mass is 79.9. The summed E-state index contributed by atoms with van der Waals surface area (Å²) in [5.41, 5.74) is 2.61. The number of carbonyl (C=O) groups is 2. The first-order chi connectivity index (χ1) is 16.6. The lowest BCUT2D eigenvalue weighted by atomic mass is 10.00. The van der Waals surface area contributed by atoms with E-state index in [1.54, 1.807) is 17.0 Å². The predicted molar refractivity (Wildman–Crippen MR) is 143 cm³/mol. The molecule has 0 fully saturated rings. The summed E-state index contributed by atoms with van der Waals surface area (Å²) < 4.78 is 6.74. The molecule has 0 aliphatic heterocycles. The highest BCUT2D eigenvalue weighted by Gasteiger charge is 2.32. The van der Waals surface area contributed by atoms with Crippen molar-refractivity contribution >= 4 is 27.7 Å². The third-order valence-corrected chi connectivity index (χ3v) is 6.08. The second kappa shape index (κ2) is 12.0.